The molecule has 2 nitrogen and oxygen atoms in total. The zero-order chi connectivity index (χ0) is 14.1. The predicted octanol–water partition coefficient (Wildman–Crippen LogP) is 4.12. The molecule has 4 heteroatoms. The van der Waals surface area contributed by atoms with Crippen molar-refractivity contribution in [1.82, 2.24) is 4.90 Å². The van der Waals surface area contributed by atoms with Crippen LogP contribution >= 0.6 is 23.2 Å². The molecule has 20 heavy (non-hydrogen) atoms. The van der Waals surface area contributed by atoms with Crippen LogP contribution in [0.5, 0.6) is 0 Å². The fourth-order valence-corrected chi connectivity index (χ4v) is 4.25. The molecule has 2 fully saturated rings. The van der Waals surface area contributed by atoms with Crippen molar-refractivity contribution in [3.8, 4) is 0 Å². The van der Waals surface area contributed by atoms with Gasteiger partial charge in [-0.1, -0.05) is 41.8 Å². The van der Waals surface area contributed by atoms with Gasteiger partial charge in [-0.2, -0.15) is 0 Å². The van der Waals surface area contributed by atoms with Crippen LogP contribution in [0.15, 0.2) is 18.2 Å². The van der Waals surface area contributed by atoms with Gasteiger partial charge < -0.3 is 10.6 Å². The third kappa shape index (κ3) is 2.99. The second-order valence-electron chi connectivity index (χ2n) is 6.25. The van der Waals surface area contributed by atoms with Crippen molar-refractivity contribution in [2.24, 2.45) is 17.6 Å². The molecule has 2 aliphatic rings. The third-order valence-corrected chi connectivity index (χ3v) is 5.77. The molecular formula is C16H22Cl2N2. The van der Waals surface area contributed by atoms with Crippen molar-refractivity contribution in [1.29, 1.82) is 0 Å². The minimum Gasteiger partial charge on any atom is -0.324 e. The molecule has 0 radical (unpaired) electrons. The smallest absolute Gasteiger partial charge is 0.0640 e. The van der Waals surface area contributed by atoms with Gasteiger partial charge in [0.05, 0.1) is 10.0 Å². The van der Waals surface area contributed by atoms with Crippen LogP contribution in [0.2, 0.25) is 10.0 Å². The fraction of sp³-hybridized carbons (Fsp3) is 0.625. The molecule has 1 aromatic carbocycles. The predicted molar refractivity (Wildman–Crippen MR) is 85.3 cm³/mol. The Hall–Kier alpha value is -0.280. The van der Waals surface area contributed by atoms with Crippen LogP contribution in [0.3, 0.4) is 0 Å². The van der Waals surface area contributed by atoms with Gasteiger partial charge in [-0.05, 0) is 49.3 Å². The van der Waals surface area contributed by atoms with E-state index in [1.54, 1.807) is 0 Å². The lowest BCUT2D eigenvalue weighted by Crippen LogP contribution is -2.26. The molecule has 3 atom stereocenters. The molecule has 1 aliphatic heterocycles. The molecule has 110 valence electrons. The van der Waals surface area contributed by atoms with Crippen molar-refractivity contribution in [3.63, 3.8) is 0 Å². The lowest BCUT2D eigenvalue weighted by atomic mass is 10.0. The second-order valence-corrected chi connectivity index (χ2v) is 7.03. The van der Waals surface area contributed by atoms with Gasteiger partial charge >= 0.3 is 0 Å². The number of fused-ring (bicyclic) bond motifs is 1. The number of nitrogens with two attached hydrogens (primary N) is 1. The van der Waals surface area contributed by atoms with Crippen LogP contribution < -0.4 is 5.73 Å². The maximum Gasteiger partial charge on any atom is 0.0640 e. The van der Waals surface area contributed by atoms with Crippen molar-refractivity contribution >= 4 is 23.2 Å². The van der Waals surface area contributed by atoms with Gasteiger partial charge in [0.25, 0.3) is 0 Å². The van der Waals surface area contributed by atoms with E-state index in [4.69, 9.17) is 28.9 Å². The molecular weight excluding hydrogens is 291 g/mol. The molecule has 0 aromatic heterocycles. The molecule has 0 spiro atoms. The summed E-state index contributed by atoms with van der Waals surface area (Å²) in [5.41, 5.74) is 7.26. The van der Waals surface area contributed by atoms with E-state index in [9.17, 15) is 0 Å². The van der Waals surface area contributed by atoms with E-state index >= 15 is 0 Å². The summed E-state index contributed by atoms with van der Waals surface area (Å²) in [5, 5.41) is 1.20. The molecule has 3 unspecified atom stereocenters. The number of benzene rings is 1. The Bertz CT molecular complexity index is 466. The van der Waals surface area contributed by atoms with E-state index in [1.807, 2.05) is 18.2 Å². The topological polar surface area (TPSA) is 29.3 Å². The first kappa shape index (κ1) is 14.6. The number of hydrogen-bond donors (Lipinski definition) is 1. The van der Waals surface area contributed by atoms with Crippen LogP contribution in [-0.4, -0.2) is 24.5 Å². The highest BCUT2D eigenvalue weighted by molar-refractivity contribution is 6.42. The molecule has 2 N–H and O–H groups in total. The molecule has 3 rings (SSSR count). The minimum atomic E-state index is -0.0263. The monoisotopic (exact) mass is 312 g/mol. The largest absolute Gasteiger partial charge is 0.324 e. The second kappa shape index (κ2) is 6.23. The minimum absolute atomic E-state index is 0.0263. The summed E-state index contributed by atoms with van der Waals surface area (Å²) in [6.07, 6.45) is 5.22. The first-order valence-electron chi connectivity index (χ1n) is 7.57. The van der Waals surface area contributed by atoms with Crippen molar-refractivity contribution < 1.29 is 0 Å². The van der Waals surface area contributed by atoms with Gasteiger partial charge in [-0.25, -0.2) is 0 Å². The highest BCUT2D eigenvalue weighted by Crippen LogP contribution is 2.38. The van der Waals surface area contributed by atoms with E-state index in [0.717, 1.165) is 30.4 Å². The fourth-order valence-electron chi connectivity index (χ4n) is 3.80. The molecule has 0 bridgehead atoms. The van der Waals surface area contributed by atoms with Crippen LogP contribution in [0.1, 0.15) is 37.3 Å². The normalized spacial score (nSPS) is 27.8. The Morgan fingerprint density at radius 2 is 1.90 bits per heavy atom. The summed E-state index contributed by atoms with van der Waals surface area (Å²) in [7, 11) is 0. The Labute approximate surface area is 131 Å². The molecule has 0 amide bonds. The van der Waals surface area contributed by atoms with Gasteiger partial charge in [0.2, 0.25) is 0 Å². The lowest BCUT2D eigenvalue weighted by molar-refractivity contribution is 0.298. The maximum atomic E-state index is 6.29. The summed E-state index contributed by atoms with van der Waals surface area (Å²) in [6, 6.07) is 5.69. The van der Waals surface area contributed by atoms with Crippen molar-refractivity contribution in [2.45, 2.75) is 31.7 Å². The zero-order valence-corrected chi connectivity index (χ0v) is 13.2. The molecule has 1 aromatic rings. The van der Waals surface area contributed by atoms with Gasteiger partial charge in [0.15, 0.2) is 0 Å². The first-order valence-corrected chi connectivity index (χ1v) is 8.32. The highest BCUT2D eigenvalue weighted by Gasteiger charge is 2.35. The van der Waals surface area contributed by atoms with E-state index < -0.39 is 0 Å². The standard InChI is InChI=1S/C16H22Cl2N2/c17-14-6-2-5-13(16(14)18)15(19)7-8-20-9-11-3-1-4-12(11)10-20/h2,5-6,11-12,15H,1,3-4,7-10,19H2. The van der Waals surface area contributed by atoms with E-state index in [2.05, 4.69) is 4.90 Å². The van der Waals surface area contributed by atoms with Crippen LogP contribution in [0.25, 0.3) is 0 Å². The highest BCUT2D eigenvalue weighted by atomic mass is 35.5. The number of hydrogen-bond acceptors (Lipinski definition) is 2. The number of likely N-dealkylation sites (tertiary alicyclic amines) is 1. The zero-order valence-electron chi connectivity index (χ0n) is 11.7. The molecule has 1 saturated carbocycles. The number of rotatable bonds is 4. The van der Waals surface area contributed by atoms with Crippen LogP contribution in [0, 0.1) is 11.8 Å². The van der Waals surface area contributed by atoms with Gasteiger partial charge in [0, 0.05) is 19.1 Å². The average Bonchev–Trinajstić information content (AvgIpc) is 3.00. The summed E-state index contributed by atoms with van der Waals surface area (Å²) in [4.78, 5) is 2.58. The number of nitrogens with zero attached hydrogens (tertiary/aromatic N) is 1. The Morgan fingerprint density at radius 3 is 2.60 bits per heavy atom. The van der Waals surface area contributed by atoms with E-state index in [1.165, 1.54) is 32.4 Å². The quantitative estimate of drug-likeness (QED) is 0.906. The van der Waals surface area contributed by atoms with Crippen LogP contribution in [-0.2, 0) is 0 Å². The van der Waals surface area contributed by atoms with E-state index in [-0.39, 0.29) is 6.04 Å². The summed E-state index contributed by atoms with van der Waals surface area (Å²) in [5.74, 6) is 1.89. The van der Waals surface area contributed by atoms with Gasteiger partial charge in [0.1, 0.15) is 0 Å². The summed E-state index contributed by atoms with van der Waals surface area (Å²) < 4.78 is 0. The summed E-state index contributed by atoms with van der Waals surface area (Å²) >= 11 is 12.3. The third-order valence-electron chi connectivity index (χ3n) is 4.94. The summed E-state index contributed by atoms with van der Waals surface area (Å²) in [6.45, 7) is 3.60. The SMILES string of the molecule is NC(CCN1CC2CCCC2C1)c1cccc(Cl)c1Cl. The van der Waals surface area contributed by atoms with Gasteiger partial charge in [-0.3, -0.25) is 0 Å². The van der Waals surface area contributed by atoms with Crippen molar-refractivity contribution in [2.75, 3.05) is 19.6 Å². The number of halogens is 2. The molecule has 1 aliphatic carbocycles. The Kier molecular flexibility index (Phi) is 4.56. The van der Waals surface area contributed by atoms with Gasteiger partial charge in [-0.15, -0.1) is 0 Å². The Balaban J connectivity index is 1.55. The van der Waals surface area contributed by atoms with E-state index in [0.29, 0.717) is 10.0 Å². The molecule has 1 heterocycles. The first-order chi connectivity index (χ1) is 9.65. The van der Waals surface area contributed by atoms with Crippen LogP contribution in [0.4, 0.5) is 0 Å². The van der Waals surface area contributed by atoms with Crippen molar-refractivity contribution in [3.05, 3.63) is 33.8 Å². The lowest BCUT2D eigenvalue weighted by Gasteiger charge is -2.20. The average molecular weight is 313 g/mol. The Morgan fingerprint density at radius 1 is 1.20 bits per heavy atom. The molecule has 1 saturated heterocycles. The maximum absolute atomic E-state index is 6.29.